The van der Waals surface area contributed by atoms with Crippen molar-refractivity contribution in [2.75, 3.05) is 27.7 Å². The van der Waals surface area contributed by atoms with E-state index in [1.54, 1.807) is 0 Å². The van der Waals surface area contributed by atoms with E-state index < -0.39 is 23.5 Å². The number of rotatable bonds is 6. The number of alkyl halides is 6. The molecule has 2 aromatic rings. The van der Waals surface area contributed by atoms with Gasteiger partial charge in [-0.25, -0.2) is 0 Å². The van der Waals surface area contributed by atoms with Gasteiger partial charge in [0.25, 0.3) is 0 Å². The monoisotopic (exact) mass is 416 g/mol. The molecule has 2 rings (SSSR count). The lowest BCUT2D eigenvalue weighted by Gasteiger charge is -2.23. The Labute approximate surface area is 166 Å². The van der Waals surface area contributed by atoms with Crippen molar-refractivity contribution in [2.24, 2.45) is 0 Å². The molecule has 0 amide bonds. The lowest BCUT2D eigenvalue weighted by Crippen LogP contribution is -2.35. The normalized spacial score (nSPS) is 12.7. The first-order valence-electron chi connectivity index (χ1n) is 9.13. The summed E-state index contributed by atoms with van der Waals surface area (Å²) in [5.41, 5.74) is 0.149. The Bertz CT molecular complexity index is 763. The Morgan fingerprint density at radius 2 is 1.10 bits per heavy atom. The third-order valence-corrected chi connectivity index (χ3v) is 4.43. The molecule has 2 aromatic carbocycles. The molecule has 0 fully saturated rings. The predicted molar refractivity (Wildman–Crippen MR) is 102 cm³/mol. The molecule has 0 aromatic heterocycles. The first kappa shape index (κ1) is 23.0. The van der Waals surface area contributed by atoms with Gasteiger partial charge in [-0.3, -0.25) is 0 Å². The second kappa shape index (κ2) is 8.61. The van der Waals surface area contributed by atoms with Crippen molar-refractivity contribution in [3.63, 3.8) is 0 Å². The lowest BCUT2D eigenvalue weighted by atomic mass is 9.94. The van der Waals surface area contributed by atoms with Crippen LogP contribution in [-0.4, -0.2) is 32.2 Å². The van der Waals surface area contributed by atoms with E-state index in [9.17, 15) is 26.3 Å². The van der Waals surface area contributed by atoms with Gasteiger partial charge in [0.15, 0.2) is 0 Å². The molecule has 0 radical (unpaired) electrons. The Hall–Kier alpha value is -2.28. The Balaban J connectivity index is 2.35. The van der Waals surface area contributed by atoms with Gasteiger partial charge in [0.2, 0.25) is 0 Å². The van der Waals surface area contributed by atoms with Gasteiger partial charge in [-0.15, -0.1) is 0 Å². The number of allylic oxidation sites excluding steroid dienone is 1. The van der Waals surface area contributed by atoms with Crippen molar-refractivity contribution in [2.45, 2.75) is 25.2 Å². The number of unbranched alkanes of at least 4 members (excludes halogenated alkanes) is 1. The summed E-state index contributed by atoms with van der Waals surface area (Å²) in [6.07, 6.45) is -5.51. The summed E-state index contributed by atoms with van der Waals surface area (Å²) in [6, 6.07) is 9.35. The number of halogens is 6. The smallest absolute Gasteiger partial charge is 0.331 e. The zero-order valence-electron chi connectivity index (χ0n) is 16.5. The molecule has 0 unspecified atom stereocenters. The maximum atomic E-state index is 12.8. The van der Waals surface area contributed by atoms with E-state index in [1.165, 1.54) is 24.3 Å². The first-order valence-corrected chi connectivity index (χ1v) is 9.13. The minimum absolute atomic E-state index is 0.531. The zero-order valence-corrected chi connectivity index (χ0v) is 16.5. The molecular weight excluding hydrogens is 392 g/mol. The van der Waals surface area contributed by atoms with E-state index in [1.807, 2.05) is 6.08 Å². The molecule has 0 heterocycles. The largest absolute Gasteiger partial charge is 0.416 e. The van der Waals surface area contributed by atoms with Crippen LogP contribution in [0.25, 0.3) is 5.57 Å². The molecule has 0 bridgehead atoms. The van der Waals surface area contributed by atoms with Gasteiger partial charge in [0.05, 0.1) is 38.8 Å². The van der Waals surface area contributed by atoms with Crippen molar-refractivity contribution in [3.8, 4) is 0 Å². The molecule has 0 aliphatic rings. The first-order chi connectivity index (χ1) is 13.3. The highest BCUT2D eigenvalue weighted by atomic mass is 19.4. The van der Waals surface area contributed by atoms with Crippen molar-refractivity contribution in [3.05, 3.63) is 76.9 Å². The van der Waals surface area contributed by atoms with Crippen LogP contribution in [0.4, 0.5) is 26.3 Å². The molecule has 158 valence electrons. The second-order valence-electron chi connectivity index (χ2n) is 7.92. The van der Waals surface area contributed by atoms with Gasteiger partial charge < -0.3 is 4.48 Å². The summed E-state index contributed by atoms with van der Waals surface area (Å²) >= 11 is 0. The van der Waals surface area contributed by atoms with Crippen molar-refractivity contribution in [1.82, 2.24) is 0 Å². The lowest BCUT2D eigenvalue weighted by molar-refractivity contribution is -0.870. The summed E-state index contributed by atoms with van der Waals surface area (Å²) in [7, 11) is 6.16. The van der Waals surface area contributed by atoms with Gasteiger partial charge in [-0.2, -0.15) is 26.3 Å². The van der Waals surface area contributed by atoms with Crippen LogP contribution >= 0.6 is 0 Å². The predicted octanol–water partition coefficient (Wildman–Crippen LogP) is 6.64. The molecule has 7 heteroatoms. The van der Waals surface area contributed by atoms with E-state index in [2.05, 4.69) is 21.1 Å². The van der Waals surface area contributed by atoms with E-state index in [-0.39, 0.29) is 0 Å². The molecular formula is C22H24F6N+. The number of hydrogen-bond acceptors (Lipinski definition) is 0. The minimum atomic E-state index is -4.44. The van der Waals surface area contributed by atoms with Gasteiger partial charge in [0.1, 0.15) is 0 Å². The van der Waals surface area contributed by atoms with E-state index >= 15 is 0 Å². The number of benzene rings is 2. The average Bonchev–Trinajstić information content (AvgIpc) is 2.60. The number of nitrogens with zero attached hydrogens (tertiary/aromatic N) is 1. The molecule has 29 heavy (non-hydrogen) atoms. The van der Waals surface area contributed by atoms with Gasteiger partial charge in [-0.1, -0.05) is 30.3 Å². The van der Waals surface area contributed by atoms with Crippen LogP contribution in [-0.2, 0) is 12.4 Å². The molecule has 0 aliphatic heterocycles. The summed E-state index contributed by atoms with van der Waals surface area (Å²) in [4.78, 5) is 0. The second-order valence-corrected chi connectivity index (χ2v) is 7.92. The molecule has 0 saturated carbocycles. The fourth-order valence-electron chi connectivity index (χ4n) is 2.89. The SMILES string of the molecule is C[N+](C)(C)CCCC=C(c1ccc(C(F)(F)F)cc1)c1ccc(C(F)(F)F)cc1. The van der Waals surface area contributed by atoms with Crippen LogP contribution in [0.1, 0.15) is 35.1 Å². The van der Waals surface area contributed by atoms with Crippen molar-refractivity contribution >= 4 is 5.57 Å². The Kier molecular flexibility index (Phi) is 6.83. The highest BCUT2D eigenvalue weighted by molar-refractivity contribution is 5.80. The van der Waals surface area contributed by atoms with Crippen molar-refractivity contribution < 1.29 is 30.8 Å². The van der Waals surface area contributed by atoms with Gasteiger partial charge in [-0.05, 0) is 47.4 Å². The third-order valence-electron chi connectivity index (χ3n) is 4.43. The maximum Gasteiger partial charge on any atom is 0.416 e. The van der Waals surface area contributed by atoms with E-state index in [4.69, 9.17) is 0 Å². The van der Waals surface area contributed by atoms with Crippen LogP contribution in [0.3, 0.4) is 0 Å². The maximum absolute atomic E-state index is 12.8. The summed E-state index contributed by atoms with van der Waals surface area (Å²) in [6.45, 7) is 0.893. The zero-order chi connectivity index (χ0) is 21.9. The molecule has 0 saturated heterocycles. The quantitative estimate of drug-likeness (QED) is 0.281. The van der Waals surface area contributed by atoms with E-state index in [0.29, 0.717) is 23.1 Å². The number of hydrogen-bond donors (Lipinski definition) is 0. The van der Waals surface area contributed by atoms with Crippen LogP contribution in [0.15, 0.2) is 54.6 Å². The molecule has 1 nitrogen and oxygen atoms in total. The van der Waals surface area contributed by atoms with Gasteiger partial charge >= 0.3 is 12.4 Å². The van der Waals surface area contributed by atoms with Crippen LogP contribution in [0.2, 0.25) is 0 Å². The van der Waals surface area contributed by atoms with Crippen LogP contribution in [0, 0.1) is 0 Å². The molecule has 0 N–H and O–H groups in total. The Morgan fingerprint density at radius 3 is 1.41 bits per heavy atom. The summed E-state index contributed by atoms with van der Waals surface area (Å²) in [5, 5.41) is 0. The standard InChI is InChI=1S/C22H24F6N/c1-29(2,3)15-5-4-6-20(16-7-11-18(12-8-16)21(23,24)25)17-9-13-19(14-10-17)22(26,27)28/h6-14H,4-5,15H2,1-3H3/q+1. The highest BCUT2D eigenvalue weighted by Gasteiger charge is 2.31. The fourth-order valence-corrected chi connectivity index (χ4v) is 2.89. The molecule has 0 aliphatic carbocycles. The third kappa shape index (κ3) is 6.92. The Morgan fingerprint density at radius 1 is 0.724 bits per heavy atom. The van der Waals surface area contributed by atoms with Gasteiger partial charge in [0, 0.05) is 6.42 Å². The minimum Gasteiger partial charge on any atom is -0.331 e. The highest BCUT2D eigenvalue weighted by Crippen LogP contribution is 2.33. The van der Waals surface area contributed by atoms with Crippen LogP contribution in [0.5, 0.6) is 0 Å². The topological polar surface area (TPSA) is 0 Å². The van der Waals surface area contributed by atoms with E-state index in [0.717, 1.165) is 41.7 Å². The fraction of sp³-hybridized carbons (Fsp3) is 0.364. The van der Waals surface area contributed by atoms with Crippen LogP contribution < -0.4 is 0 Å². The molecule has 0 atom stereocenters. The number of quaternary nitrogens is 1. The van der Waals surface area contributed by atoms with Crippen molar-refractivity contribution in [1.29, 1.82) is 0 Å². The summed E-state index contributed by atoms with van der Waals surface area (Å²) in [5.74, 6) is 0. The molecule has 0 spiro atoms. The average molecular weight is 416 g/mol. The summed E-state index contributed by atoms with van der Waals surface area (Å²) < 4.78 is 77.8.